The van der Waals surface area contributed by atoms with Gasteiger partial charge in [-0.25, -0.2) is 4.39 Å². The summed E-state index contributed by atoms with van der Waals surface area (Å²) in [6.07, 6.45) is 3.54. The quantitative estimate of drug-likeness (QED) is 0.804. The molecular weight excluding hydrogens is 251 g/mol. The first-order valence-corrected chi connectivity index (χ1v) is 6.91. The highest BCUT2D eigenvalue weighted by Gasteiger charge is 2.31. The fraction of sp³-hybridized carbons (Fsp3) is 0.571. The number of halogens is 2. The van der Waals surface area contributed by atoms with E-state index in [2.05, 4.69) is 19.2 Å². The lowest BCUT2D eigenvalue weighted by Gasteiger charge is -2.23. The molecule has 0 aliphatic heterocycles. The van der Waals surface area contributed by atoms with Gasteiger partial charge in [0.2, 0.25) is 0 Å². The van der Waals surface area contributed by atoms with Gasteiger partial charge in [-0.2, -0.15) is 0 Å². The van der Waals surface area contributed by atoms with Gasteiger partial charge in [-0.3, -0.25) is 0 Å². The first kappa shape index (κ1) is 13.5. The van der Waals surface area contributed by atoms with Crippen molar-refractivity contribution < 1.29 is 4.39 Å². The Labute approximate surface area is 113 Å². The molecule has 100 valence electrons. The van der Waals surface area contributed by atoms with Crippen molar-refractivity contribution in [1.82, 2.24) is 0 Å². The van der Waals surface area contributed by atoms with E-state index in [1.54, 1.807) is 0 Å². The first-order chi connectivity index (χ1) is 8.52. The molecule has 1 fully saturated rings. The lowest BCUT2D eigenvalue weighted by atomic mass is 9.93. The second kappa shape index (κ2) is 5.35. The van der Waals surface area contributed by atoms with E-state index in [-0.39, 0.29) is 5.02 Å². The molecule has 0 aromatic heterocycles. The molecule has 1 aromatic rings. The Morgan fingerprint density at radius 1 is 1.44 bits per heavy atom. The highest BCUT2D eigenvalue weighted by molar-refractivity contribution is 6.31. The molecule has 0 heterocycles. The molecule has 0 spiro atoms. The van der Waals surface area contributed by atoms with Crippen LogP contribution in [0, 0.1) is 17.7 Å². The second-order valence-electron chi connectivity index (χ2n) is 5.21. The molecular formula is C14H20ClFN2. The summed E-state index contributed by atoms with van der Waals surface area (Å²) < 4.78 is 13.4. The minimum absolute atomic E-state index is 0.0731. The van der Waals surface area contributed by atoms with E-state index in [0.717, 1.165) is 12.3 Å². The topological polar surface area (TPSA) is 38.0 Å². The van der Waals surface area contributed by atoms with E-state index in [1.165, 1.54) is 25.0 Å². The van der Waals surface area contributed by atoms with Crippen LogP contribution in [0.25, 0.3) is 0 Å². The Morgan fingerprint density at radius 2 is 2.17 bits per heavy atom. The minimum Gasteiger partial charge on any atom is -0.397 e. The summed E-state index contributed by atoms with van der Waals surface area (Å²) in [4.78, 5) is 0. The van der Waals surface area contributed by atoms with Crippen LogP contribution >= 0.6 is 11.6 Å². The molecule has 2 nitrogen and oxygen atoms in total. The van der Waals surface area contributed by atoms with Gasteiger partial charge in [0.15, 0.2) is 0 Å². The van der Waals surface area contributed by atoms with Gasteiger partial charge in [0.25, 0.3) is 0 Å². The highest BCUT2D eigenvalue weighted by Crippen LogP contribution is 2.37. The van der Waals surface area contributed by atoms with Crippen molar-refractivity contribution in [2.24, 2.45) is 11.8 Å². The second-order valence-corrected chi connectivity index (χ2v) is 5.62. The van der Waals surface area contributed by atoms with Crippen LogP contribution in [0.5, 0.6) is 0 Å². The van der Waals surface area contributed by atoms with Gasteiger partial charge in [0.1, 0.15) is 5.82 Å². The van der Waals surface area contributed by atoms with Crippen LogP contribution in [0.2, 0.25) is 5.02 Å². The van der Waals surface area contributed by atoms with E-state index < -0.39 is 5.82 Å². The molecule has 18 heavy (non-hydrogen) atoms. The molecule has 4 heteroatoms. The van der Waals surface area contributed by atoms with E-state index in [4.69, 9.17) is 17.3 Å². The summed E-state index contributed by atoms with van der Waals surface area (Å²) in [6, 6.07) is 3.23. The van der Waals surface area contributed by atoms with E-state index >= 15 is 0 Å². The van der Waals surface area contributed by atoms with Crippen LogP contribution in [0.1, 0.15) is 33.1 Å². The number of anilines is 2. The zero-order chi connectivity index (χ0) is 13.3. The molecule has 1 aliphatic rings. The van der Waals surface area contributed by atoms with Crippen LogP contribution in [0.15, 0.2) is 12.1 Å². The number of nitrogens with two attached hydrogens (primary N) is 1. The summed E-state index contributed by atoms with van der Waals surface area (Å²) in [5, 5.41) is 3.44. The van der Waals surface area contributed by atoms with Gasteiger partial charge in [0, 0.05) is 12.1 Å². The number of hydrogen-bond donors (Lipinski definition) is 2. The van der Waals surface area contributed by atoms with E-state index in [1.807, 2.05) is 0 Å². The third-order valence-electron chi connectivity index (χ3n) is 4.18. The fourth-order valence-corrected chi connectivity index (χ4v) is 3.09. The molecule has 0 bridgehead atoms. The SMILES string of the molecule is CCC1CCC(Nc2cc(F)c(Cl)cc2N)C1C. The molecule has 0 amide bonds. The normalized spacial score (nSPS) is 27.4. The van der Waals surface area contributed by atoms with Crippen molar-refractivity contribution in [2.45, 2.75) is 39.2 Å². The third-order valence-corrected chi connectivity index (χ3v) is 4.47. The minimum atomic E-state index is -0.425. The Kier molecular flexibility index (Phi) is 4.00. The number of nitrogen functional groups attached to an aromatic ring is 1. The van der Waals surface area contributed by atoms with Gasteiger partial charge in [-0.05, 0) is 30.7 Å². The van der Waals surface area contributed by atoms with Crippen molar-refractivity contribution in [1.29, 1.82) is 0 Å². The van der Waals surface area contributed by atoms with Crippen LogP contribution in [0.4, 0.5) is 15.8 Å². The maximum absolute atomic E-state index is 13.4. The van der Waals surface area contributed by atoms with Gasteiger partial charge in [0.05, 0.1) is 16.4 Å². The molecule has 1 saturated carbocycles. The number of hydrogen-bond acceptors (Lipinski definition) is 2. The Balaban J connectivity index is 2.13. The lowest BCUT2D eigenvalue weighted by Crippen LogP contribution is -2.25. The summed E-state index contributed by atoms with van der Waals surface area (Å²) in [7, 11) is 0. The third kappa shape index (κ3) is 2.56. The summed E-state index contributed by atoms with van der Waals surface area (Å²) in [5.41, 5.74) is 7.03. The Bertz CT molecular complexity index is 436. The Hall–Kier alpha value is -0.960. The molecule has 0 saturated heterocycles. The molecule has 1 aliphatic carbocycles. The summed E-state index contributed by atoms with van der Waals surface area (Å²) in [5.74, 6) is 0.917. The largest absolute Gasteiger partial charge is 0.397 e. The highest BCUT2D eigenvalue weighted by atomic mass is 35.5. The van der Waals surface area contributed by atoms with Gasteiger partial charge < -0.3 is 11.1 Å². The Morgan fingerprint density at radius 3 is 2.78 bits per heavy atom. The predicted octanol–water partition coefficient (Wildman–Crippen LogP) is 4.30. The monoisotopic (exact) mass is 270 g/mol. The zero-order valence-corrected chi connectivity index (χ0v) is 11.6. The fourth-order valence-electron chi connectivity index (χ4n) is 2.91. The van der Waals surface area contributed by atoms with E-state index in [9.17, 15) is 4.39 Å². The lowest BCUT2D eigenvalue weighted by molar-refractivity contribution is 0.392. The maximum atomic E-state index is 13.4. The number of nitrogens with one attached hydrogen (secondary N) is 1. The smallest absolute Gasteiger partial charge is 0.143 e. The molecule has 2 rings (SSSR count). The summed E-state index contributed by atoms with van der Waals surface area (Å²) >= 11 is 5.69. The maximum Gasteiger partial charge on any atom is 0.143 e. The van der Waals surface area contributed by atoms with Gasteiger partial charge >= 0.3 is 0 Å². The van der Waals surface area contributed by atoms with Gasteiger partial charge in [-0.1, -0.05) is 31.9 Å². The number of benzene rings is 1. The summed E-state index contributed by atoms with van der Waals surface area (Å²) in [6.45, 7) is 4.47. The molecule has 3 atom stereocenters. The van der Waals surface area contributed by atoms with Crippen molar-refractivity contribution >= 4 is 23.0 Å². The predicted molar refractivity (Wildman–Crippen MR) is 75.4 cm³/mol. The van der Waals surface area contributed by atoms with Crippen LogP contribution in [-0.2, 0) is 0 Å². The molecule has 3 unspecified atom stereocenters. The van der Waals surface area contributed by atoms with Crippen LogP contribution in [-0.4, -0.2) is 6.04 Å². The van der Waals surface area contributed by atoms with Crippen molar-refractivity contribution in [3.8, 4) is 0 Å². The average molecular weight is 271 g/mol. The molecule has 0 radical (unpaired) electrons. The van der Waals surface area contributed by atoms with Crippen LogP contribution in [0.3, 0.4) is 0 Å². The standard InChI is InChI=1S/C14H20ClFN2/c1-3-9-4-5-13(8(9)2)18-14-7-11(16)10(15)6-12(14)17/h6-9,13,18H,3-5,17H2,1-2H3. The molecule has 3 N–H and O–H groups in total. The average Bonchev–Trinajstić information content (AvgIpc) is 2.67. The first-order valence-electron chi connectivity index (χ1n) is 6.54. The number of rotatable bonds is 3. The van der Waals surface area contributed by atoms with Crippen molar-refractivity contribution in [2.75, 3.05) is 11.1 Å². The van der Waals surface area contributed by atoms with E-state index in [0.29, 0.717) is 23.3 Å². The molecule has 1 aromatic carbocycles. The van der Waals surface area contributed by atoms with Gasteiger partial charge in [-0.15, -0.1) is 0 Å². The zero-order valence-electron chi connectivity index (χ0n) is 10.8. The van der Waals surface area contributed by atoms with Crippen molar-refractivity contribution in [3.05, 3.63) is 23.0 Å². The van der Waals surface area contributed by atoms with Crippen molar-refractivity contribution in [3.63, 3.8) is 0 Å². The van der Waals surface area contributed by atoms with Crippen LogP contribution < -0.4 is 11.1 Å².